The topological polar surface area (TPSA) is 60.8 Å². The molecule has 1 heterocycles. The molecule has 1 saturated heterocycles. The molecule has 0 aromatic rings. The smallest absolute Gasteiger partial charge is 0.326 e. The second-order valence-corrected chi connectivity index (χ2v) is 2.81. The number of hydrogen-bond acceptors (Lipinski definition) is 3. The second kappa shape index (κ2) is 2.21. The molecule has 1 aliphatic rings. The minimum absolute atomic E-state index is 0.461. The molecule has 0 aromatic heterocycles. The highest BCUT2D eigenvalue weighted by Gasteiger charge is 2.42. The van der Waals surface area contributed by atoms with Gasteiger partial charge in [-0.2, -0.15) is 5.06 Å². The fraction of sp³-hybridized carbons (Fsp3) is 0.833. The molecule has 0 saturated carbocycles. The Kier molecular flexibility index (Phi) is 1.66. The SMILES string of the molecule is C[C@]1(C(=O)O)CCCN1O. The lowest BCUT2D eigenvalue weighted by Gasteiger charge is -2.24. The van der Waals surface area contributed by atoms with Crippen molar-refractivity contribution in [1.29, 1.82) is 0 Å². The Morgan fingerprint density at radius 3 is 2.50 bits per heavy atom. The summed E-state index contributed by atoms with van der Waals surface area (Å²) in [4.78, 5) is 10.5. The molecule has 1 aliphatic heterocycles. The third-order valence-electron chi connectivity index (χ3n) is 2.06. The molecule has 0 spiro atoms. The lowest BCUT2D eigenvalue weighted by molar-refractivity contribution is -0.180. The molecule has 1 rings (SSSR count). The largest absolute Gasteiger partial charge is 0.480 e. The maximum absolute atomic E-state index is 10.5. The second-order valence-electron chi connectivity index (χ2n) is 2.81. The molecule has 4 nitrogen and oxygen atoms in total. The predicted octanol–water partition coefficient (Wildman–Crippen LogP) is 0.315. The van der Waals surface area contributed by atoms with Gasteiger partial charge in [-0.1, -0.05) is 0 Å². The van der Waals surface area contributed by atoms with E-state index in [1.807, 2.05) is 0 Å². The first-order valence-electron chi connectivity index (χ1n) is 3.27. The van der Waals surface area contributed by atoms with Crippen LogP contribution in [0.15, 0.2) is 0 Å². The van der Waals surface area contributed by atoms with Crippen LogP contribution >= 0.6 is 0 Å². The molecule has 0 radical (unpaired) electrons. The van der Waals surface area contributed by atoms with E-state index in [9.17, 15) is 4.79 Å². The summed E-state index contributed by atoms with van der Waals surface area (Å²) in [6.07, 6.45) is 1.28. The Balaban J connectivity index is 2.75. The Bertz CT molecular complexity index is 159. The van der Waals surface area contributed by atoms with Crippen molar-refractivity contribution in [1.82, 2.24) is 5.06 Å². The van der Waals surface area contributed by atoms with E-state index in [0.717, 1.165) is 11.5 Å². The molecule has 0 bridgehead atoms. The molecule has 1 atom stereocenters. The number of carbonyl (C=O) groups is 1. The van der Waals surface area contributed by atoms with Crippen LogP contribution < -0.4 is 0 Å². The summed E-state index contributed by atoms with van der Waals surface area (Å²) in [5.41, 5.74) is -1.04. The van der Waals surface area contributed by atoms with E-state index >= 15 is 0 Å². The fourth-order valence-corrected chi connectivity index (χ4v) is 1.17. The summed E-state index contributed by atoms with van der Waals surface area (Å²) in [5.74, 6) is -0.951. The third-order valence-corrected chi connectivity index (χ3v) is 2.06. The molecule has 0 aromatic carbocycles. The van der Waals surface area contributed by atoms with E-state index in [1.165, 1.54) is 6.92 Å². The minimum Gasteiger partial charge on any atom is -0.480 e. The first kappa shape index (κ1) is 7.50. The Hall–Kier alpha value is -0.610. The first-order valence-corrected chi connectivity index (χ1v) is 3.27. The average Bonchev–Trinajstić information content (AvgIpc) is 2.15. The summed E-state index contributed by atoms with van der Waals surface area (Å²) in [6.45, 7) is 1.99. The van der Waals surface area contributed by atoms with Gasteiger partial charge < -0.3 is 10.3 Å². The summed E-state index contributed by atoms with van der Waals surface area (Å²) >= 11 is 0. The third kappa shape index (κ3) is 0.892. The molecular weight excluding hydrogens is 134 g/mol. The molecule has 58 valence electrons. The van der Waals surface area contributed by atoms with Crippen molar-refractivity contribution in [3.8, 4) is 0 Å². The fourth-order valence-electron chi connectivity index (χ4n) is 1.17. The van der Waals surface area contributed by atoms with Crippen LogP contribution in [0.25, 0.3) is 0 Å². The number of carboxylic acid groups (broad SMARTS) is 1. The zero-order valence-corrected chi connectivity index (χ0v) is 5.87. The first-order chi connectivity index (χ1) is 4.57. The van der Waals surface area contributed by atoms with Crippen LogP contribution in [-0.4, -0.2) is 33.4 Å². The summed E-state index contributed by atoms with van der Waals surface area (Å²) in [7, 11) is 0. The molecule has 1 fully saturated rings. The van der Waals surface area contributed by atoms with Crippen molar-refractivity contribution < 1.29 is 15.1 Å². The standard InChI is InChI=1S/C6H11NO3/c1-6(5(8)9)3-2-4-7(6)10/h10H,2-4H2,1H3,(H,8,9)/t6-/m1/s1. The Morgan fingerprint density at radius 1 is 1.70 bits per heavy atom. The highest BCUT2D eigenvalue weighted by Crippen LogP contribution is 2.26. The maximum Gasteiger partial charge on any atom is 0.326 e. The zero-order valence-electron chi connectivity index (χ0n) is 5.87. The Labute approximate surface area is 59.0 Å². The monoisotopic (exact) mass is 145 g/mol. The summed E-state index contributed by atoms with van der Waals surface area (Å²) in [6, 6.07) is 0. The van der Waals surface area contributed by atoms with Crippen LogP contribution in [0, 0.1) is 0 Å². The number of hydroxylamine groups is 2. The van der Waals surface area contributed by atoms with Crippen molar-refractivity contribution in [3.05, 3.63) is 0 Å². The minimum atomic E-state index is -1.04. The van der Waals surface area contributed by atoms with Gasteiger partial charge >= 0.3 is 5.97 Å². The van der Waals surface area contributed by atoms with Crippen LogP contribution in [0.5, 0.6) is 0 Å². The molecule has 0 unspecified atom stereocenters. The van der Waals surface area contributed by atoms with E-state index in [0.29, 0.717) is 13.0 Å². The van der Waals surface area contributed by atoms with E-state index in [1.54, 1.807) is 0 Å². The lowest BCUT2D eigenvalue weighted by atomic mass is 10.0. The zero-order chi connectivity index (χ0) is 7.78. The van der Waals surface area contributed by atoms with Gasteiger partial charge in [0.2, 0.25) is 0 Å². The van der Waals surface area contributed by atoms with Crippen molar-refractivity contribution in [3.63, 3.8) is 0 Å². The van der Waals surface area contributed by atoms with Gasteiger partial charge in [-0.15, -0.1) is 0 Å². The van der Waals surface area contributed by atoms with Crippen molar-refractivity contribution in [2.45, 2.75) is 25.3 Å². The molecule has 0 aliphatic carbocycles. The van der Waals surface area contributed by atoms with Gasteiger partial charge in [-0.05, 0) is 19.8 Å². The van der Waals surface area contributed by atoms with E-state index in [2.05, 4.69) is 0 Å². The van der Waals surface area contributed by atoms with Crippen molar-refractivity contribution >= 4 is 5.97 Å². The summed E-state index contributed by atoms with van der Waals surface area (Å²) < 4.78 is 0. The summed E-state index contributed by atoms with van der Waals surface area (Å²) in [5, 5.41) is 18.6. The normalized spacial score (nSPS) is 34.6. The molecular formula is C6H11NO3. The van der Waals surface area contributed by atoms with E-state index in [-0.39, 0.29) is 0 Å². The van der Waals surface area contributed by atoms with Crippen LogP contribution in [-0.2, 0) is 4.79 Å². The van der Waals surface area contributed by atoms with Gasteiger partial charge in [-0.3, -0.25) is 4.79 Å². The number of carboxylic acids is 1. The quantitative estimate of drug-likeness (QED) is 0.557. The van der Waals surface area contributed by atoms with Gasteiger partial charge in [0.25, 0.3) is 0 Å². The van der Waals surface area contributed by atoms with Gasteiger partial charge in [0.15, 0.2) is 0 Å². The maximum atomic E-state index is 10.5. The molecule has 2 N–H and O–H groups in total. The highest BCUT2D eigenvalue weighted by atomic mass is 16.5. The predicted molar refractivity (Wildman–Crippen MR) is 33.8 cm³/mol. The van der Waals surface area contributed by atoms with Crippen molar-refractivity contribution in [2.24, 2.45) is 0 Å². The average molecular weight is 145 g/mol. The van der Waals surface area contributed by atoms with Gasteiger partial charge in [0, 0.05) is 6.54 Å². The highest BCUT2D eigenvalue weighted by molar-refractivity contribution is 5.78. The lowest BCUT2D eigenvalue weighted by Crippen LogP contribution is -2.45. The van der Waals surface area contributed by atoms with Gasteiger partial charge in [0.1, 0.15) is 5.54 Å². The molecule has 4 heteroatoms. The van der Waals surface area contributed by atoms with Gasteiger partial charge in [0.05, 0.1) is 0 Å². The van der Waals surface area contributed by atoms with Crippen molar-refractivity contribution in [2.75, 3.05) is 6.54 Å². The van der Waals surface area contributed by atoms with Crippen LogP contribution in [0.4, 0.5) is 0 Å². The number of nitrogens with zero attached hydrogens (tertiary/aromatic N) is 1. The Morgan fingerprint density at radius 2 is 2.30 bits per heavy atom. The van der Waals surface area contributed by atoms with Crippen LogP contribution in [0.1, 0.15) is 19.8 Å². The van der Waals surface area contributed by atoms with E-state index in [4.69, 9.17) is 10.3 Å². The van der Waals surface area contributed by atoms with Crippen LogP contribution in [0.2, 0.25) is 0 Å². The van der Waals surface area contributed by atoms with E-state index < -0.39 is 11.5 Å². The van der Waals surface area contributed by atoms with Gasteiger partial charge in [-0.25, -0.2) is 0 Å². The molecule has 0 amide bonds. The number of hydrogen-bond donors (Lipinski definition) is 2. The van der Waals surface area contributed by atoms with Crippen LogP contribution in [0.3, 0.4) is 0 Å². The number of rotatable bonds is 1. The number of aliphatic carboxylic acids is 1. The molecule has 10 heavy (non-hydrogen) atoms.